The molecule has 1 aliphatic rings. The standard InChI is InChI=1S/C14H12ClN3O3/c1-8-7-11(15)17-14(16-8)18-13(19)9-3-2-4-10-12(9)21-6-5-20-10/h2-4,7H,5-6H2,1H3,(H,16,17,18,19). The van der Waals surface area contributed by atoms with Gasteiger partial charge in [-0.05, 0) is 25.1 Å². The van der Waals surface area contributed by atoms with E-state index in [-0.39, 0.29) is 17.0 Å². The highest BCUT2D eigenvalue weighted by molar-refractivity contribution is 6.29. The second kappa shape index (κ2) is 5.57. The molecule has 1 aliphatic heterocycles. The van der Waals surface area contributed by atoms with Gasteiger partial charge in [0.1, 0.15) is 18.4 Å². The molecule has 0 atom stereocenters. The SMILES string of the molecule is Cc1cc(Cl)nc(NC(=O)c2cccc3c2OCCO3)n1. The number of anilines is 1. The maximum atomic E-state index is 12.3. The molecule has 0 saturated carbocycles. The number of ether oxygens (including phenoxy) is 2. The summed E-state index contributed by atoms with van der Waals surface area (Å²) in [5.74, 6) is 0.760. The van der Waals surface area contributed by atoms with Crippen LogP contribution in [0, 0.1) is 6.92 Å². The van der Waals surface area contributed by atoms with Crippen molar-refractivity contribution in [2.75, 3.05) is 18.5 Å². The number of aromatic nitrogens is 2. The summed E-state index contributed by atoms with van der Waals surface area (Å²) in [6.45, 7) is 2.64. The predicted molar refractivity (Wildman–Crippen MR) is 77.2 cm³/mol. The van der Waals surface area contributed by atoms with Crippen LogP contribution >= 0.6 is 11.6 Å². The summed E-state index contributed by atoms with van der Waals surface area (Å²) in [5, 5.41) is 2.88. The molecule has 21 heavy (non-hydrogen) atoms. The zero-order valence-corrected chi connectivity index (χ0v) is 12.0. The molecule has 1 aromatic carbocycles. The van der Waals surface area contributed by atoms with Gasteiger partial charge in [0.05, 0.1) is 5.56 Å². The van der Waals surface area contributed by atoms with E-state index in [0.717, 1.165) is 0 Å². The number of hydrogen-bond donors (Lipinski definition) is 1. The first-order chi connectivity index (χ1) is 10.1. The highest BCUT2D eigenvalue weighted by atomic mass is 35.5. The van der Waals surface area contributed by atoms with Gasteiger partial charge in [0.2, 0.25) is 5.95 Å². The number of fused-ring (bicyclic) bond motifs is 1. The second-order valence-electron chi connectivity index (χ2n) is 4.44. The molecule has 2 aromatic rings. The van der Waals surface area contributed by atoms with E-state index >= 15 is 0 Å². The summed E-state index contributed by atoms with van der Waals surface area (Å²) >= 11 is 5.85. The zero-order chi connectivity index (χ0) is 14.8. The van der Waals surface area contributed by atoms with Crippen LogP contribution in [-0.4, -0.2) is 29.1 Å². The van der Waals surface area contributed by atoms with Crippen molar-refractivity contribution in [3.8, 4) is 11.5 Å². The van der Waals surface area contributed by atoms with Crippen molar-refractivity contribution in [2.45, 2.75) is 6.92 Å². The molecule has 0 fully saturated rings. The third-order valence-corrected chi connectivity index (χ3v) is 3.05. The molecule has 0 spiro atoms. The first-order valence-electron chi connectivity index (χ1n) is 6.34. The van der Waals surface area contributed by atoms with E-state index in [9.17, 15) is 4.79 Å². The lowest BCUT2D eigenvalue weighted by Gasteiger charge is -2.20. The van der Waals surface area contributed by atoms with Gasteiger partial charge in [-0.3, -0.25) is 10.1 Å². The van der Waals surface area contributed by atoms with Crippen LogP contribution in [0.5, 0.6) is 11.5 Å². The molecular formula is C14H12ClN3O3. The van der Waals surface area contributed by atoms with Gasteiger partial charge in [-0.25, -0.2) is 9.97 Å². The molecule has 0 aliphatic carbocycles. The number of amides is 1. The summed E-state index contributed by atoms with van der Waals surface area (Å²) < 4.78 is 11.0. The van der Waals surface area contributed by atoms with Crippen molar-refractivity contribution in [2.24, 2.45) is 0 Å². The lowest BCUT2D eigenvalue weighted by molar-refractivity contribution is 0.101. The van der Waals surface area contributed by atoms with Crippen molar-refractivity contribution >= 4 is 23.5 Å². The molecule has 1 amide bonds. The smallest absolute Gasteiger partial charge is 0.261 e. The minimum Gasteiger partial charge on any atom is -0.486 e. The first kappa shape index (κ1) is 13.6. The highest BCUT2D eigenvalue weighted by Crippen LogP contribution is 2.33. The van der Waals surface area contributed by atoms with E-state index in [4.69, 9.17) is 21.1 Å². The van der Waals surface area contributed by atoms with Crippen LogP contribution in [0.1, 0.15) is 16.1 Å². The van der Waals surface area contributed by atoms with Gasteiger partial charge < -0.3 is 9.47 Å². The molecule has 3 rings (SSSR count). The summed E-state index contributed by atoms with van der Waals surface area (Å²) in [6, 6.07) is 6.75. The van der Waals surface area contributed by atoms with Gasteiger partial charge in [0, 0.05) is 5.69 Å². The van der Waals surface area contributed by atoms with E-state index < -0.39 is 0 Å². The van der Waals surface area contributed by atoms with Gasteiger partial charge in [-0.2, -0.15) is 0 Å². The summed E-state index contributed by atoms with van der Waals surface area (Å²) in [5.41, 5.74) is 1.04. The number of halogens is 1. The highest BCUT2D eigenvalue weighted by Gasteiger charge is 2.21. The minimum atomic E-state index is -0.376. The number of nitrogens with one attached hydrogen (secondary N) is 1. The second-order valence-corrected chi connectivity index (χ2v) is 4.83. The summed E-state index contributed by atoms with van der Waals surface area (Å²) in [6.07, 6.45) is 0. The maximum absolute atomic E-state index is 12.3. The summed E-state index contributed by atoms with van der Waals surface area (Å²) in [4.78, 5) is 20.4. The Hall–Kier alpha value is -2.34. The topological polar surface area (TPSA) is 73.3 Å². The molecule has 0 bridgehead atoms. The third kappa shape index (κ3) is 2.90. The van der Waals surface area contributed by atoms with Gasteiger partial charge in [-0.1, -0.05) is 17.7 Å². The lowest BCUT2D eigenvalue weighted by Crippen LogP contribution is -2.20. The van der Waals surface area contributed by atoms with Crippen molar-refractivity contribution in [3.05, 3.63) is 40.7 Å². The Balaban J connectivity index is 1.89. The Labute approximate surface area is 126 Å². The Bertz CT molecular complexity index is 686. The number of benzene rings is 1. The molecular weight excluding hydrogens is 294 g/mol. The van der Waals surface area contributed by atoms with Crippen molar-refractivity contribution < 1.29 is 14.3 Å². The van der Waals surface area contributed by atoms with Crippen LogP contribution < -0.4 is 14.8 Å². The Kier molecular flexibility index (Phi) is 3.62. The molecule has 2 heterocycles. The molecule has 0 saturated heterocycles. The first-order valence-corrected chi connectivity index (χ1v) is 6.72. The molecule has 1 N–H and O–H groups in total. The van der Waals surface area contributed by atoms with E-state index in [1.807, 2.05) is 0 Å². The number of hydrogen-bond acceptors (Lipinski definition) is 5. The van der Waals surface area contributed by atoms with E-state index in [2.05, 4.69) is 15.3 Å². The van der Waals surface area contributed by atoms with Crippen molar-refractivity contribution in [1.82, 2.24) is 9.97 Å². The minimum absolute atomic E-state index is 0.152. The zero-order valence-electron chi connectivity index (χ0n) is 11.2. The number of carbonyl (C=O) groups excluding carboxylic acids is 1. The van der Waals surface area contributed by atoms with Crippen molar-refractivity contribution in [1.29, 1.82) is 0 Å². The normalized spacial score (nSPS) is 12.9. The fraction of sp³-hybridized carbons (Fsp3) is 0.214. The van der Waals surface area contributed by atoms with Gasteiger partial charge in [0.15, 0.2) is 11.5 Å². The van der Waals surface area contributed by atoms with Gasteiger partial charge in [0.25, 0.3) is 5.91 Å². The third-order valence-electron chi connectivity index (χ3n) is 2.86. The molecule has 0 unspecified atom stereocenters. The van der Waals surface area contributed by atoms with Crippen LogP contribution in [0.25, 0.3) is 0 Å². The van der Waals surface area contributed by atoms with Crippen LogP contribution in [-0.2, 0) is 0 Å². The predicted octanol–water partition coefficient (Wildman–Crippen LogP) is 2.46. The lowest BCUT2D eigenvalue weighted by atomic mass is 10.1. The molecule has 0 radical (unpaired) electrons. The number of rotatable bonds is 2. The van der Waals surface area contributed by atoms with E-state index in [1.165, 1.54) is 0 Å². The number of para-hydroxylation sites is 1. The maximum Gasteiger partial charge on any atom is 0.261 e. The number of carbonyl (C=O) groups is 1. The number of aryl methyl sites for hydroxylation is 1. The molecule has 1 aromatic heterocycles. The fourth-order valence-corrected chi connectivity index (χ4v) is 2.25. The average molecular weight is 306 g/mol. The number of nitrogens with zero attached hydrogens (tertiary/aromatic N) is 2. The van der Waals surface area contributed by atoms with Crippen LogP contribution in [0.2, 0.25) is 5.15 Å². The van der Waals surface area contributed by atoms with Crippen LogP contribution in [0.15, 0.2) is 24.3 Å². The van der Waals surface area contributed by atoms with E-state index in [0.29, 0.717) is 36.0 Å². The quantitative estimate of drug-likeness (QED) is 0.863. The molecule has 108 valence electrons. The largest absolute Gasteiger partial charge is 0.486 e. The van der Waals surface area contributed by atoms with Crippen LogP contribution in [0.3, 0.4) is 0 Å². The monoisotopic (exact) mass is 305 g/mol. The van der Waals surface area contributed by atoms with Crippen LogP contribution in [0.4, 0.5) is 5.95 Å². The fourth-order valence-electron chi connectivity index (χ4n) is 2.01. The van der Waals surface area contributed by atoms with Gasteiger partial charge in [-0.15, -0.1) is 0 Å². The molecule has 6 nitrogen and oxygen atoms in total. The Morgan fingerprint density at radius 3 is 2.90 bits per heavy atom. The van der Waals surface area contributed by atoms with Crippen molar-refractivity contribution in [3.63, 3.8) is 0 Å². The Morgan fingerprint density at radius 2 is 2.10 bits per heavy atom. The summed E-state index contributed by atoms with van der Waals surface area (Å²) in [7, 11) is 0. The average Bonchev–Trinajstić information content (AvgIpc) is 2.45. The molecule has 7 heteroatoms. The Morgan fingerprint density at radius 1 is 1.29 bits per heavy atom. The van der Waals surface area contributed by atoms with E-state index in [1.54, 1.807) is 31.2 Å². The van der Waals surface area contributed by atoms with Gasteiger partial charge >= 0.3 is 0 Å².